The van der Waals surface area contributed by atoms with E-state index in [1.54, 1.807) is 7.11 Å². The van der Waals surface area contributed by atoms with E-state index in [9.17, 15) is 4.79 Å². The van der Waals surface area contributed by atoms with Gasteiger partial charge in [0.2, 0.25) is 5.91 Å². The molecule has 0 aliphatic carbocycles. The number of rotatable bonds is 9. The van der Waals surface area contributed by atoms with Gasteiger partial charge in [0, 0.05) is 36.6 Å². The van der Waals surface area contributed by atoms with Crippen molar-refractivity contribution >= 4 is 16.8 Å². The summed E-state index contributed by atoms with van der Waals surface area (Å²) in [4.78, 5) is 17.8. The third-order valence-electron chi connectivity index (χ3n) is 4.95. The van der Waals surface area contributed by atoms with Gasteiger partial charge in [-0.3, -0.25) is 4.79 Å². The molecule has 3 rings (SSSR count). The van der Waals surface area contributed by atoms with Crippen molar-refractivity contribution in [3.63, 3.8) is 0 Å². The summed E-state index contributed by atoms with van der Waals surface area (Å²) in [6.07, 6.45) is 4.33. The second-order valence-electron chi connectivity index (χ2n) is 7.37. The van der Waals surface area contributed by atoms with Crippen molar-refractivity contribution in [2.45, 2.75) is 25.8 Å². The Bertz CT molecular complexity index is 913. The number of nitrogens with one attached hydrogen (secondary N) is 2. The first-order valence-electron chi connectivity index (χ1n) is 9.68. The van der Waals surface area contributed by atoms with Crippen LogP contribution in [0.1, 0.15) is 23.1 Å². The molecule has 0 bridgehead atoms. The summed E-state index contributed by atoms with van der Waals surface area (Å²) >= 11 is 0. The summed E-state index contributed by atoms with van der Waals surface area (Å²) in [5.41, 5.74) is 4.74. The minimum absolute atomic E-state index is 0.0674. The highest BCUT2D eigenvalue weighted by molar-refractivity contribution is 5.84. The molecule has 1 heterocycles. The number of ether oxygens (including phenoxy) is 1. The van der Waals surface area contributed by atoms with E-state index in [0.717, 1.165) is 36.2 Å². The standard InChI is InChI=1S/C23H29N3O2/c1-26(2)13-12-19-16-24-22-10-6-17(14-21(19)22)7-11-23(27)25-15-18-4-8-20(28-3)9-5-18/h4-6,8-10,14,16,24H,7,11-13,15H2,1-3H3,(H,25,27). The molecule has 0 saturated carbocycles. The first kappa shape index (κ1) is 20.0. The number of nitrogens with zero attached hydrogens (tertiary/aromatic N) is 1. The molecule has 0 fully saturated rings. The highest BCUT2D eigenvalue weighted by Gasteiger charge is 2.07. The molecule has 1 amide bonds. The van der Waals surface area contributed by atoms with Gasteiger partial charge in [-0.05, 0) is 67.9 Å². The fourth-order valence-corrected chi connectivity index (χ4v) is 3.22. The van der Waals surface area contributed by atoms with Crippen LogP contribution in [0.25, 0.3) is 10.9 Å². The van der Waals surface area contributed by atoms with Crippen LogP contribution in [0.2, 0.25) is 0 Å². The number of hydrogen-bond acceptors (Lipinski definition) is 3. The maximum Gasteiger partial charge on any atom is 0.220 e. The van der Waals surface area contributed by atoms with E-state index in [2.05, 4.69) is 53.7 Å². The van der Waals surface area contributed by atoms with Crippen LogP contribution in [0.4, 0.5) is 0 Å². The van der Waals surface area contributed by atoms with Gasteiger partial charge in [-0.25, -0.2) is 0 Å². The lowest BCUT2D eigenvalue weighted by Gasteiger charge is -2.09. The largest absolute Gasteiger partial charge is 0.497 e. The van der Waals surface area contributed by atoms with Gasteiger partial charge in [-0.1, -0.05) is 18.2 Å². The molecule has 5 nitrogen and oxygen atoms in total. The van der Waals surface area contributed by atoms with Crippen molar-refractivity contribution in [1.82, 2.24) is 15.2 Å². The molecular weight excluding hydrogens is 350 g/mol. The SMILES string of the molecule is COc1ccc(CNC(=O)CCc2ccc3[nH]cc(CCN(C)C)c3c2)cc1. The summed E-state index contributed by atoms with van der Waals surface area (Å²) in [5.74, 6) is 0.887. The Balaban J connectivity index is 1.53. The molecule has 28 heavy (non-hydrogen) atoms. The smallest absolute Gasteiger partial charge is 0.220 e. The molecule has 0 aliphatic heterocycles. The number of amides is 1. The predicted molar refractivity (Wildman–Crippen MR) is 114 cm³/mol. The van der Waals surface area contributed by atoms with E-state index in [1.165, 1.54) is 16.5 Å². The van der Waals surface area contributed by atoms with Crippen molar-refractivity contribution in [3.05, 3.63) is 65.4 Å². The molecule has 0 aliphatic rings. The Morgan fingerprint density at radius 2 is 1.82 bits per heavy atom. The number of methoxy groups -OCH3 is 1. The average Bonchev–Trinajstić information content (AvgIpc) is 3.11. The molecule has 0 unspecified atom stereocenters. The van der Waals surface area contributed by atoms with Gasteiger partial charge < -0.3 is 19.9 Å². The summed E-state index contributed by atoms with van der Waals surface area (Å²) in [7, 11) is 5.82. The maximum atomic E-state index is 12.2. The Morgan fingerprint density at radius 1 is 1.07 bits per heavy atom. The molecule has 2 N–H and O–H groups in total. The number of benzene rings is 2. The molecule has 0 saturated heterocycles. The summed E-state index contributed by atoms with van der Waals surface area (Å²) in [5, 5.41) is 4.25. The van der Waals surface area contributed by atoms with Crippen LogP contribution in [0, 0.1) is 0 Å². The quantitative estimate of drug-likeness (QED) is 0.598. The highest BCUT2D eigenvalue weighted by atomic mass is 16.5. The zero-order chi connectivity index (χ0) is 19.9. The third kappa shape index (κ3) is 5.36. The molecular formula is C23H29N3O2. The van der Waals surface area contributed by atoms with Gasteiger partial charge in [0.25, 0.3) is 0 Å². The molecule has 5 heteroatoms. The second kappa shape index (κ2) is 9.42. The molecule has 0 atom stereocenters. The first-order valence-corrected chi connectivity index (χ1v) is 9.68. The van der Waals surface area contributed by atoms with Crippen LogP contribution >= 0.6 is 0 Å². The van der Waals surface area contributed by atoms with E-state index in [1.807, 2.05) is 24.3 Å². The fraction of sp³-hybridized carbons (Fsp3) is 0.348. The van der Waals surface area contributed by atoms with Crippen molar-refractivity contribution in [2.75, 3.05) is 27.7 Å². The average molecular weight is 380 g/mol. The van der Waals surface area contributed by atoms with Crippen LogP contribution in [-0.4, -0.2) is 43.5 Å². The Labute approximate surface area is 166 Å². The zero-order valence-electron chi connectivity index (χ0n) is 16.9. The first-order chi connectivity index (χ1) is 13.5. The molecule has 1 aromatic heterocycles. The van der Waals surface area contributed by atoms with Gasteiger partial charge in [-0.15, -0.1) is 0 Å². The number of carbonyl (C=O) groups excluding carboxylic acids is 1. The van der Waals surface area contributed by atoms with E-state index in [4.69, 9.17) is 4.74 Å². The van der Waals surface area contributed by atoms with Crippen LogP contribution in [0.15, 0.2) is 48.7 Å². The summed E-state index contributed by atoms with van der Waals surface area (Å²) in [6, 6.07) is 14.2. The van der Waals surface area contributed by atoms with Crippen LogP contribution in [0.5, 0.6) is 5.75 Å². The van der Waals surface area contributed by atoms with E-state index >= 15 is 0 Å². The second-order valence-corrected chi connectivity index (χ2v) is 7.37. The number of likely N-dealkylation sites (N-methyl/N-ethyl adjacent to an activating group) is 1. The number of H-pyrrole nitrogens is 1. The number of hydrogen-bond donors (Lipinski definition) is 2. The molecule has 0 radical (unpaired) electrons. The van der Waals surface area contributed by atoms with Crippen molar-refractivity contribution in [3.8, 4) is 5.75 Å². The van der Waals surface area contributed by atoms with E-state index in [-0.39, 0.29) is 5.91 Å². The van der Waals surface area contributed by atoms with Crippen LogP contribution in [0.3, 0.4) is 0 Å². The fourth-order valence-electron chi connectivity index (χ4n) is 3.22. The Kier molecular flexibility index (Phi) is 6.71. The number of fused-ring (bicyclic) bond motifs is 1. The van der Waals surface area contributed by atoms with Crippen molar-refractivity contribution in [1.29, 1.82) is 0 Å². The Hall–Kier alpha value is -2.79. The predicted octanol–water partition coefficient (Wildman–Crippen LogP) is 3.53. The summed E-state index contributed by atoms with van der Waals surface area (Å²) in [6.45, 7) is 1.55. The summed E-state index contributed by atoms with van der Waals surface area (Å²) < 4.78 is 5.15. The van der Waals surface area contributed by atoms with Crippen molar-refractivity contribution in [2.24, 2.45) is 0 Å². The molecule has 148 valence electrons. The van der Waals surface area contributed by atoms with Crippen LogP contribution in [-0.2, 0) is 24.2 Å². The van der Waals surface area contributed by atoms with Gasteiger partial charge in [0.15, 0.2) is 0 Å². The zero-order valence-corrected chi connectivity index (χ0v) is 16.9. The monoisotopic (exact) mass is 379 g/mol. The number of aryl methyl sites for hydroxylation is 1. The van der Waals surface area contributed by atoms with Gasteiger partial charge in [0.05, 0.1) is 7.11 Å². The lowest BCUT2D eigenvalue weighted by Crippen LogP contribution is -2.22. The van der Waals surface area contributed by atoms with Crippen molar-refractivity contribution < 1.29 is 9.53 Å². The molecule has 2 aromatic carbocycles. The normalized spacial score (nSPS) is 11.1. The highest BCUT2D eigenvalue weighted by Crippen LogP contribution is 2.21. The number of aromatic amines is 1. The lowest BCUT2D eigenvalue weighted by atomic mass is 10.0. The lowest BCUT2D eigenvalue weighted by molar-refractivity contribution is -0.121. The Morgan fingerprint density at radius 3 is 2.54 bits per heavy atom. The van der Waals surface area contributed by atoms with Gasteiger partial charge >= 0.3 is 0 Å². The molecule has 0 spiro atoms. The minimum Gasteiger partial charge on any atom is -0.497 e. The minimum atomic E-state index is 0.0674. The van der Waals surface area contributed by atoms with E-state index < -0.39 is 0 Å². The van der Waals surface area contributed by atoms with Gasteiger partial charge in [-0.2, -0.15) is 0 Å². The van der Waals surface area contributed by atoms with E-state index in [0.29, 0.717) is 13.0 Å². The van der Waals surface area contributed by atoms with Gasteiger partial charge in [0.1, 0.15) is 5.75 Å². The van der Waals surface area contributed by atoms with Crippen LogP contribution < -0.4 is 10.1 Å². The number of aromatic nitrogens is 1. The topological polar surface area (TPSA) is 57.4 Å². The third-order valence-corrected chi connectivity index (χ3v) is 4.95. The maximum absolute atomic E-state index is 12.2. The molecule has 3 aromatic rings. The number of carbonyl (C=O) groups is 1.